The zero-order valence-electron chi connectivity index (χ0n) is 13.0. The topological polar surface area (TPSA) is 74.8 Å². The minimum atomic E-state index is -0.301. The first kappa shape index (κ1) is 16.4. The van der Waals surface area contributed by atoms with Gasteiger partial charge < -0.3 is 19.9 Å². The molecule has 2 heterocycles. The third-order valence-corrected chi connectivity index (χ3v) is 3.58. The Labute approximate surface area is 130 Å². The summed E-state index contributed by atoms with van der Waals surface area (Å²) in [6, 6.07) is 4.93. The lowest BCUT2D eigenvalue weighted by Crippen LogP contribution is -2.47. The zero-order valence-corrected chi connectivity index (χ0v) is 13.0. The highest BCUT2D eigenvalue weighted by molar-refractivity contribution is 5.96. The van der Waals surface area contributed by atoms with Crippen molar-refractivity contribution >= 4 is 11.8 Å². The molecule has 2 amide bonds. The van der Waals surface area contributed by atoms with Crippen LogP contribution in [0.3, 0.4) is 0 Å². The Bertz CT molecular complexity index is 527. The Morgan fingerprint density at radius 3 is 2.59 bits per heavy atom. The molecule has 0 atom stereocenters. The predicted octanol–water partition coefficient (Wildman–Crippen LogP) is -0.155. The summed E-state index contributed by atoms with van der Waals surface area (Å²) in [5.74, 6) is -0.426. The Hall–Kier alpha value is -1.99. The van der Waals surface area contributed by atoms with Gasteiger partial charge in [-0.15, -0.1) is 0 Å². The van der Waals surface area contributed by atoms with Gasteiger partial charge in [0, 0.05) is 39.8 Å². The summed E-state index contributed by atoms with van der Waals surface area (Å²) >= 11 is 0. The molecule has 2 rings (SSSR count). The molecule has 1 fully saturated rings. The van der Waals surface area contributed by atoms with Gasteiger partial charge in [0.15, 0.2) is 0 Å². The third kappa shape index (κ3) is 4.25. The number of nitrogens with one attached hydrogen (secondary N) is 1. The molecule has 0 aliphatic carbocycles. The quantitative estimate of drug-likeness (QED) is 0.766. The molecule has 0 unspecified atom stereocenters. The summed E-state index contributed by atoms with van der Waals surface area (Å²) in [6.07, 6.45) is 0. The van der Waals surface area contributed by atoms with Crippen molar-refractivity contribution in [2.24, 2.45) is 0 Å². The normalized spacial score (nSPS) is 15.6. The standard InChI is InChI=1S/C15H22N4O3/c1-18-7-9-19(10-8-18)15(21)13-5-3-4-12(17-13)14(20)16-6-11-22-2/h3-5H,6-11H2,1-2H3,(H,16,20). The van der Waals surface area contributed by atoms with Crippen LogP contribution in [-0.2, 0) is 4.74 Å². The molecule has 0 bridgehead atoms. The lowest BCUT2D eigenvalue weighted by molar-refractivity contribution is 0.0658. The first-order valence-corrected chi connectivity index (χ1v) is 7.34. The van der Waals surface area contributed by atoms with Gasteiger partial charge in [-0.3, -0.25) is 9.59 Å². The molecule has 0 saturated carbocycles. The van der Waals surface area contributed by atoms with E-state index in [0.717, 1.165) is 13.1 Å². The number of methoxy groups -OCH3 is 1. The molecule has 0 radical (unpaired) electrons. The number of ether oxygens (including phenoxy) is 1. The van der Waals surface area contributed by atoms with E-state index in [2.05, 4.69) is 15.2 Å². The van der Waals surface area contributed by atoms with Gasteiger partial charge >= 0.3 is 0 Å². The zero-order chi connectivity index (χ0) is 15.9. The van der Waals surface area contributed by atoms with Crippen molar-refractivity contribution in [1.82, 2.24) is 20.1 Å². The molecule has 1 aromatic rings. The molecule has 0 aromatic carbocycles. The first-order valence-electron chi connectivity index (χ1n) is 7.34. The van der Waals surface area contributed by atoms with Gasteiger partial charge in [-0.05, 0) is 19.2 Å². The van der Waals surface area contributed by atoms with Crippen molar-refractivity contribution in [1.29, 1.82) is 0 Å². The summed E-state index contributed by atoms with van der Waals surface area (Å²) in [4.78, 5) is 32.5. The van der Waals surface area contributed by atoms with E-state index < -0.39 is 0 Å². The fourth-order valence-electron chi connectivity index (χ4n) is 2.21. The van der Waals surface area contributed by atoms with Crippen LogP contribution in [0.1, 0.15) is 21.0 Å². The Morgan fingerprint density at radius 2 is 1.91 bits per heavy atom. The molecule has 7 heteroatoms. The Kier molecular flexibility index (Phi) is 5.85. The van der Waals surface area contributed by atoms with Crippen LogP contribution in [0.5, 0.6) is 0 Å². The molecule has 120 valence electrons. The van der Waals surface area contributed by atoms with E-state index in [1.54, 1.807) is 30.2 Å². The van der Waals surface area contributed by atoms with Crippen molar-refractivity contribution in [3.8, 4) is 0 Å². The monoisotopic (exact) mass is 306 g/mol. The average Bonchev–Trinajstić information content (AvgIpc) is 2.55. The largest absolute Gasteiger partial charge is 0.383 e. The van der Waals surface area contributed by atoms with Crippen molar-refractivity contribution < 1.29 is 14.3 Å². The van der Waals surface area contributed by atoms with Crippen LogP contribution < -0.4 is 5.32 Å². The molecule has 1 aliphatic heterocycles. The van der Waals surface area contributed by atoms with Gasteiger partial charge in [0.25, 0.3) is 11.8 Å². The second kappa shape index (κ2) is 7.86. The number of amides is 2. The number of hydrogen-bond donors (Lipinski definition) is 1. The van der Waals surface area contributed by atoms with Crippen molar-refractivity contribution in [2.75, 3.05) is 53.5 Å². The molecule has 1 aliphatic rings. The van der Waals surface area contributed by atoms with Gasteiger partial charge in [0.1, 0.15) is 11.4 Å². The fourth-order valence-corrected chi connectivity index (χ4v) is 2.21. The smallest absolute Gasteiger partial charge is 0.272 e. The highest BCUT2D eigenvalue weighted by Gasteiger charge is 2.22. The molecule has 1 aromatic heterocycles. The lowest BCUT2D eigenvalue weighted by atomic mass is 10.2. The van der Waals surface area contributed by atoms with E-state index >= 15 is 0 Å². The van der Waals surface area contributed by atoms with Gasteiger partial charge in [0.05, 0.1) is 6.61 Å². The minimum Gasteiger partial charge on any atom is -0.383 e. The van der Waals surface area contributed by atoms with E-state index in [1.165, 1.54) is 0 Å². The average molecular weight is 306 g/mol. The van der Waals surface area contributed by atoms with Crippen LogP contribution in [-0.4, -0.2) is 80.1 Å². The highest BCUT2D eigenvalue weighted by Crippen LogP contribution is 2.07. The number of hydrogen-bond acceptors (Lipinski definition) is 5. The Morgan fingerprint density at radius 1 is 1.23 bits per heavy atom. The van der Waals surface area contributed by atoms with Crippen LogP contribution in [0.2, 0.25) is 0 Å². The fraction of sp³-hybridized carbons (Fsp3) is 0.533. The lowest BCUT2D eigenvalue weighted by Gasteiger charge is -2.32. The number of likely N-dealkylation sites (N-methyl/N-ethyl adjacent to an activating group) is 1. The molecule has 0 spiro atoms. The van der Waals surface area contributed by atoms with Crippen molar-refractivity contribution in [3.63, 3.8) is 0 Å². The number of carbonyl (C=O) groups is 2. The molecular formula is C15H22N4O3. The summed E-state index contributed by atoms with van der Waals surface area (Å²) in [5, 5.41) is 2.69. The number of nitrogens with zero attached hydrogens (tertiary/aromatic N) is 3. The van der Waals surface area contributed by atoms with E-state index in [1.807, 2.05) is 7.05 Å². The SMILES string of the molecule is COCCNC(=O)c1cccc(C(=O)N2CCN(C)CC2)n1. The second-order valence-corrected chi connectivity index (χ2v) is 5.25. The maximum absolute atomic E-state index is 12.4. The highest BCUT2D eigenvalue weighted by atomic mass is 16.5. The summed E-state index contributed by atoms with van der Waals surface area (Å²) in [7, 11) is 3.60. The second-order valence-electron chi connectivity index (χ2n) is 5.25. The van der Waals surface area contributed by atoms with E-state index in [0.29, 0.717) is 31.9 Å². The molecule has 7 nitrogen and oxygen atoms in total. The van der Waals surface area contributed by atoms with E-state index in [-0.39, 0.29) is 17.5 Å². The van der Waals surface area contributed by atoms with Crippen LogP contribution in [0, 0.1) is 0 Å². The summed E-state index contributed by atoms with van der Waals surface area (Å²) in [6.45, 7) is 3.91. The summed E-state index contributed by atoms with van der Waals surface area (Å²) < 4.78 is 4.88. The number of aromatic nitrogens is 1. The third-order valence-electron chi connectivity index (χ3n) is 3.58. The number of pyridine rings is 1. The molecule has 1 saturated heterocycles. The molecule has 22 heavy (non-hydrogen) atoms. The number of rotatable bonds is 5. The van der Waals surface area contributed by atoms with Crippen molar-refractivity contribution in [3.05, 3.63) is 29.6 Å². The molecule has 1 N–H and O–H groups in total. The number of carbonyl (C=O) groups excluding carboxylic acids is 2. The first-order chi connectivity index (χ1) is 10.6. The Balaban J connectivity index is 2.01. The van der Waals surface area contributed by atoms with Crippen LogP contribution in [0.4, 0.5) is 0 Å². The van der Waals surface area contributed by atoms with Crippen LogP contribution >= 0.6 is 0 Å². The maximum atomic E-state index is 12.4. The summed E-state index contributed by atoms with van der Waals surface area (Å²) in [5.41, 5.74) is 0.556. The van der Waals surface area contributed by atoms with Gasteiger partial charge in [0.2, 0.25) is 0 Å². The predicted molar refractivity (Wildman–Crippen MR) is 81.8 cm³/mol. The number of piperazine rings is 1. The van der Waals surface area contributed by atoms with Crippen molar-refractivity contribution in [2.45, 2.75) is 0 Å². The van der Waals surface area contributed by atoms with E-state index in [9.17, 15) is 9.59 Å². The minimum absolute atomic E-state index is 0.125. The van der Waals surface area contributed by atoms with Gasteiger partial charge in [-0.25, -0.2) is 4.98 Å². The van der Waals surface area contributed by atoms with Crippen LogP contribution in [0.15, 0.2) is 18.2 Å². The van der Waals surface area contributed by atoms with Crippen LogP contribution in [0.25, 0.3) is 0 Å². The van der Waals surface area contributed by atoms with E-state index in [4.69, 9.17) is 4.74 Å². The molecular weight excluding hydrogens is 284 g/mol. The maximum Gasteiger partial charge on any atom is 0.272 e. The van der Waals surface area contributed by atoms with Gasteiger partial charge in [-0.2, -0.15) is 0 Å². The van der Waals surface area contributed by atoms with Gasteiger partial charge in [-0.1, -0.05) is 6.07 Å².